The lowest BCUT2D eigenvalue weighted by Crippen LogP contribution is -2.39. The SMILES string of the molecule is CC(C)(C)NC(=O)O.NS(=O)(=O)C1(CCCCCCCCCCCCO)CC1. The Balaban J connectivity index is 0.000000769. The fraction of sp³-hybridized carbons (Fsp3) is 0.950. The Kier molecular flexibility index (Phi) is 13.0. The molecule has 28 heavy (non-hydrogen) atoms. The molecule has 1 amide bonds. The van der Waals surface area contributed by atoms with Gasteiger partial charge in [-0.1, -0.05) is 57.8 Å². The summed E-state index contributed by atoms with van der Waals surface area (Å²) in [6.45, 7) is 5.70. The number of nitrogens with two attached hydrogens (primary N) is 1. The Hall–Kier alpha value is -0.860. The molecule has 0 heterocycles. The normalized spacial score (nSPS) is 15.5. The fourth-order valence-electron chi connectivity index (χ4n) is 3.11. The Bertz CT molecular complexity index is 525. The summed E-state index contributed by atoms with van der Waals surface area (Å²) in [5.74, 6) is 0. The number of carboxylic acid groups (broad SMARTS) is 1. The molecule has 0 bridgehead atoms. The first kappa shape index (κ1) is 27.1. The van der Waals surface area contributed by atoms with Crippen LogP contribution in [0.3, 0.4) is 0 Å². The maximum absolute atomic E-state index is 11.4. The van der Waals surface area contributed by atoms with Crippen LogP contribution in [-0.2, 0) is 10.0 Å². The first-order valence-corrected chi connectivity index (χ1v) is 12.1. The van der Waals surface area contributed by atoms with Crippen LogP contribution in [0.4, 0.5) is 4.79 Å². The van der Waals surface area contributed by atoms with Crippen molar-refractivity contribution in [1.82, 2.24) is 5.32 Å². The molecule has 168 valence electrons. The molecular formula is C20H42N2O5S. The summed E-state index contributed by atoms with van der Waals surface area (Å²) in [7, 11) is -3.32. The molecular weight excluding hydrogens is 380 g/mol. The summed E-state index contributed by atoms with van der Waals surface area (Å²) in [6.07, 6.45) is 13.0. The minimum absolute atomic E-state index is 0.319. The van der Waals surface area contributed by atoms with Crippen molar-refractivity contribution in [1.29, 1.82) is 0 Å². The molecule has 0 aromatic heterocycles. The molecule has 0 aliphatic heterocycles. The molecule has 0 saturated heterocycles. The van der Waals surface area contributed by atoms with E-state index in [0.717, 1.165) is 44.9 Å². The van der Waals surface area contributed by atoms with Gasteiger partial charge in [0.25, 0.3) is 0 Å². The number of aliphatic hydroxyl groups is 1. The monoisotopic (exact) mass is 422 g/mol. The molecule has 1 saturated carbocycles. The van der Waals surface area contributed by atoms with Crippen molar-refractivity contribution < 1.29 is 23.4 Å². The minimum Gasteiger partial charge on any atom is -0.465 e. The van der Waals surface area contributed by atoms with Crippen LogP contribution in [-0.4, -0.2) is 41.6 Å². The van der Waals surface area contributed by atoms with Gasteiger partial charge in [-0.2, -0.15) is 0 Å². The molecule has 8 heteroatoms. The van der Waals surface area contributed by atoms with E-state index in [4.69, 9.17) is 15.4 Å². The van der Waals surface area contributed by atoms with Crippen molar-refractivity contribution in [2.24, 2.45) is 5.14 Å². The molecule has 1 aliphatic carbocycles. The summed E-state index contributed by atoms with van der Waals surface area (Å²) in [4.78, 5) is 9.90. The van der Waals surface area contributed by atoms with Gasteiger partial charge in [0.05, 0.1) is 4.75 Å². The van der Waals surface area contributed by atoms with E-state index < -0.39 is 20.9 Å². The number of nitrogens with one attached hydrogen (secondary N) is 1. The molecule has 0 unspecified atom stereocenters. The third kappa shape index (κ3) is 14.2. The molecule has 0 radical (unpaired) electrons. The fourth-order valence-corrected chi connectivity index (χ4v) is 4.21. The Labute approximate surface area is 171 Å². The molecule has 1 rings (SSSR count). The Morgan fingerprint density at radius 1 is 0.929 bits per heavy atom. The quantitative estimate of drug-likeness (QED) is 0.331. The van der Waals surface area contributed by atoms with Crippen LogP contribution < -0.4 is 10.5 Å². The highest BCUT2D eigenvalue weighted by Gasteiger charge is 2.51. The predicted molar refractivity (Wildman–Crippen MR) is 114 cm³/mol. The number of hydrogen-bond donors (Lipinski definition) is 4. The first-order valence-electron chi connectivity index (χ1n) is 10.6. The van der Waals surface area contributed by atoms with Gasteiger partial charge in [-0.15, -0.1) is 0 Å². The van der Waals surface area contributed by atoms with Crippen molar-refractivity contribution in [3.63, 3.8) is 0 Å². The number of unbranched alkanes of at least 4 members (excludes halogenated alkanes) is 9. The highest BCUT2D eigenvalue weighted by molar-refractivity contribution is 7.90. The largest absolute Gasteiger partial charge is 0.465 e. The third-order valence-electron chi connectivity index (χ3n) is 4.93. The summed E-state index contributed by atoms with van der Waals surface area (Å²) < 4.78 is 22.2. The Morgan fingerprint density at radius 3 is 1.57 bits per heavy atom. The zero-order valence-electron chi connectivity index (χ0n) is 18.0. The van der Waals surface area contributed by atoms with E-state index in [1.165, 1.54) is 38.5 Å². The lowest BCUT2D eigenvalue weighted by molar-refractivity contribution is 0.184. The lowest BCUT2D eigenvalue weighted by Gasteiger charge is -2.16. The van der Waals surface area contributed by atoms with Gasteiger partial charge >= 0.3 is 6.09 Å². The van der Waals surface area contributed by atoms with E-state index in [1.54, 1.807) is 20.8 Å². The minimum atomic E-state index is -3.32. The van der Waals surface area contributed by atoms with E-state index in [0.29, 0.717) is 6.61 Å². The molecule has 5 N–H and O–H groups in total. The van der Waals surface area contributed by atoms with Crippen LogP contribution in [0.1, 0.15) is 104 Å². The van der Waals surface area contributed by atoms with Gasteiger partial charge in [0.1, 0.15) is 0 Å². The lowest BCUT2D eigenvalue weighted by atomic mass is 10.0. The first-order chi connectivity index (χ1) is 12.9. The average Bonchev–Trinajstić information content (AvgIpc) is 3.32. The number of hydrogen-bond acceptors (Lipinski definition) is 4. The molecule has 0 aromatic rings. The van der Waals surface area contributed by atoms with Gasteiger partial charge in [0.2, 0.25) is 10.0 Å². The summed E-state index contributed by atoms with van der Waals surface area (Å²) in [5.41, 5.74) is -0.328. The van der Waals surface area contributed by atoms with E-state index in [9.17, 15) is 13.2 Å². The zero-order chi connectivity index (χ0) is 21.7. The molecule has 0 atom stereocenters. The van der Waals surface area contributed by atoms with Crippen molar-refractivity contribution in [2.45, 2.75) is 115 Å². The topological polar surface area (TPSA) is 130 Å². The molecule has 0 spiro atoms. The smallest absolute Gasteiger partial charge is 0.405 e. The van der Waals surface area contributed by atoms with Gasteiger partial charge in [0.15, 0.2) is 0 Å². The summed E-state index contributed by atoms with van der Waals surface area (Å²) in [6, 6.07) is 0. The standard InChI is InChI=1S/C15H31NO3S.C5H11NO2/c16-20(18,19)15(12-13-15)11-9-7-5-3-1-2-4-6-8-10-14-17;1-5(2,3)6-4(7)8/h17H,1-14H2,(H2,16,18,19);6H,1-3H3,(H,7,8). The van der Waals surface area contributed by atoms with Gasteiger partial charge in [-0.05, 0) is 46.5 Å². The number of sulfonamides is 1. The number of primary sulfonamides is 1. The summed E-state index contributed by atoms with van der Waals surface area (Å²) in [5, 5.41) is 24.4. The second kappa shape index (κ2) is 13.4. The van der Waals surface area contributed by atoms with E-state index in [1.807, 2.05) is 0 Å². The number of aliphatic hydroxyl groups excluding tert-OH is 1. The van der Waals surface area contributed by atoms with E-state index in [-0.39, 0.29) is 5.54 Å². The van der Waals surface area contributed by atoms with Crippen LogP contribution in [0, 0.1) is 0 Å². The molecule has 1 fully saturated rings. The zero-order valence-corrected chi connectivity index (χ0v) is 18.8. The van der Waals surface area contributed by atoms with E-state index >= 15 is 0 Å². The molecule has 0 aromatic carbocycles. The van der Waals surface area contributed by atoms with Gasteiger partial charge in [-0.3, -0.25) is 0 Å². The van der Waals surface area contributed by atoms with Crippen LogP contribution in [0.15, 0.2) is 0 Å². The van der Waals surface area contributed by atoms with Gasteiger partial charge in [-0.25, -0.2) is 18.4 Å². The van der Waals surface area contributed by atoms with Gasteiger partial charge in [0, 0.05) is 12.1 Å². The van der Waals surface area contributed by atoms with Crippen LogP contribution in [0.25, 0.3) is 0 Å². The van der Waals surface area contributed by atoms with Crippen LogP contribution in [0.2, 0.25) is 0 Å². The van der Waals surface area contributed by atoms with Crippen LogP contribution in [0.5, 0.6) is 0 Å². The number of rotatable bonds is 13. The highest BCUT2D eigenvalue weighted by Crippen LogP contribution is 2.46. The number of carbonyl (C=O) groups is 1. The highest BCUT2D eigenvalue weighted by atomic mass is 32.2. The second-order valence-electron chi connectivity index (χ2n) is 8.92. The summed E-state index contributed by atoms with van der Waals surface area (Å²) >= 11 is 0. The maximum Gasteiger partial charge on any atom is 0.405 e. The van der Waals surface area contributed by atoms with Gasteiger partial charge < -0.3 is 15.5 Å². The second-order valence-corrected chi connectivity index (χ2v) is 10.9. The van der Waals surface area contributed by atoms with Crippen molar-refractivity contribution in [3.05, 3.63) is 0 Å². The Morgan fingerprint density at radius 2 is 1.32 bits per heavy atom. The number of amides is 1. The van der Waals surface area contributed by atoms with Crippen LogP contribution >= 0.6 is 0 Å². The predicted octanol–water partition coefficient (Wildman–Crippen LogP) is 4.14. The average molecular weight is 423 g/mol. The van der Waals surface area contributed by atoms with E-state index in [2.05, 4.69) is 5.32 Å². The van der Waals surface area contributed by atoms with Crippen molar-refractivity contribution in [2.75, 3.05) is 6.61 Å². The van der Waals surface area contributed by atoms with Crippen molar-refractivity contribution >= 4 is 16.1 Å². The molecule has 7 nitrogen and oxygen atoms in total. The molecule has 1 aliphatic rings. The van der Waals surface area contributed by atoms with Crippen molar-refractivity contribution in [3.8, 4) is 0 Å². The maximum atomic E-state index is 11.4. The third-order valence-corrected chi connectivity index (χ3v) is 6.75.